The summed E-state index contributed by atoms with van der Waals surface area (Å²) in [5, 5.41) is 0. The zero-order valence-electron chi connectivity index (χ0n) is 11.3. The molecule has 0 aliphatic heterocycles. The Labute approximate surface area is 100 Å². The van der Waals surface area contributed by atoms with Gasteiger partial charge in [-0.1, -0.05) is 33.6 Å². The lowest BCUT2D eigenvalue weighted by atomic mass is 10.0. The summed E-state index contributed by atoms with van der Waals surface area (Å²) in [7, 11) is 0. The van der Waals surface area contributed by atoms with Crippen molar-refractivity contribution < 1.29 is 4.79 Å². The molecule has 0 aliphatic carbocycles. The maximum Gasteiger partial charge on any atom is 0.226 e. The van der Waals surface area contributed by atoms with Gasteiger partial charge in [-0.2, -0.15) is 0 Å². The number of carbonyl (C=O) groups is 1. The zero-order valence-corrected chi connectivity index (χ0v) is 11.3. The summed E-state index contributed by atoms with van der Waals surface area (Å²) in [6, 6.07) is -0.0572. The van der Waals surface area contributed by atoms with Crippen molar-refractivity contribution in [2.75, 3.05) is 13.1 Å². The van der Waals surface area contributed by atoms with Gasteiger partial charge in [0.1, 0.15) is 0 Å². The Morgan fingerprint density at radius 3 is 1.88 bits per heavy atom. The minimum Gasteiger partial charge on any atom is -0.342 e. The van der Waals surface area contributed by atoms with Gasteiger partial charge in [0.2, 0.25) is 5.91 Å². The summed E-state index contributed by atoms with van der Waals surface area (Å²) >= 11 is 0. The van der Waals surface area contributed by atoms with Crippen molar-refractivity contribution >= 4 is 5.91 Å². The van der Waals surface area contributed by atoms with Crippen LogP contribution in [0.3, 0.4) is 0 Å². The fraction of sp³-hybridized carbons (Fsp3) is 0.923. The van der Waals surface area contributed by atoms with Crippen molar-refractivity contribution in [2.24, 2.45) is 11.7 Å². The number of nitrogens with two attached hydrogens (primary N) is 1. The van der Waals surface area contributed by atoms with Gasteiger partial charge in [-0.15, -0.1) is 0 Å². The van der Waals surface area contributed by atoms with E-state index in [0.717, 1.165) is 38.8 Å². The lowest BCUT2D eigenvalue weighted by molar-refractivity contribution is -0.135. The molecule has 0 aromatic carbocycles. The van der Waals surface area contributed by atoms with Crippen molar-refractivity contribution in [2.45, 2.75) is 59.4 Å². The molecule has 0 spiro atoms. The van der Waals surface area contributed by atoms with Crippen LogP contribution in [0.5, 0.6) is 0 Å². The Bertz CT molecular complexity index is 184. The second-order valence-corrected chi connectivity index (χ2v) is 4.68. The first-order chi connectivity index (χ1) is 7.54. The molecule has 96 valence electrons. The van der Waals surface area contributed by atoms with Crippen LogP contribution in [0.1, 0.15) is 53.4 Å². The Morgan fingerprint density at radius 2 is 1.56 bits per heavy atom. The van der Waals surface area contributed by atoms with E-state index in [2.05, 4.69) is 13.8 Å². The molecule has 0 radical (unpaired) electrons. The normalized spacial score (nSPS) is 14.6. The number of carbonyl (C=O) groups excluding carboxylic acids is 1. The topological polar surface area (TPSA) is 46.3 Å². The number of nitrogens with zero attached hydrogens (tertiary/aromatic N) is 1. The Kier molecular flexibility index (Phi) is 8.26. The van der Waals surface area contributed by atoms with Gasteiger partial charge >= 0.3 is 0 Å². The van der Waals surface area contributed by atoms with Crippen LogP contribution in [0, 0.1) is 5.92 Å². The fourth-order valence-corrected chi connectivity index (χ4v) is 1.54. The quantitative estimate of drug-likeness (QED) is 0.693. The third-order valence-electron chi connectivity index (χ3n) is 3.05. The van der Waals surface area contributed by atoms with Crippen molar-refractivity contribution in [3.05, 3.63) is 0 Å². The molecule has 2 atom stereocenters. The van der Waals surface area contributed by atoms with Gasteiger partial charge in [0.25, 0.3) is 0 Å². The van der Waals surface area contributed by atoms with Crippen LogP contribution in [0.15, 0.2) is 0 Å². The Hall–Kier alpha value is -0.570. The number of unbranched alkanes of at least 4 members (excludes halogenated alkanes) is 2. The van der Waals surface area contributed by atoms with E-state index in [9.17, 15) is 4.79 Å². The number of hydrogen-bond acceptors (Lipinski definition) is 2. The Morgan fingerprint density at radius 1 is 1.12 bits per heavy atom. The van der Waals surface area contributed by atoms with Gasteiger partial charge in [0.05, 0.1) is 5.92 Å². The van der Waals surface area contributed by atoms with E-state index in [1.165, 1.54) is 0 Å². The fourth-order valence-electron chi connectivity index (χ4n) is 1.54. The lowest BCUT2D eigenvalue weighted by Crippen LogP contribution is -2.42. The van der Waals surface area contributed by atoms with Crippen LogP contribution < -0.4 is 5.73 Å². The summed E-state index contributed by atoms with van der Waals surface area (Å²) in [5.41, 5.74) is 5.78. The molecule has 0 saturated carbocycles. The lowest BCUT2D eigenvalue weighted by Gasteiger charge is -2.27. The maximum atomic E-state index is 12.1. The molecule has 3 nitrogen and oxygen atoms in total. The maximum absolute atomic E-state index is 12.1. The molecule has 0 fully saturated rings. The van der Waals surface area contributed by atoms with E-state index in [1.807, 2.05) is 18.7 Å². The van der Waals surface area contributed by atoms with Gasteiger partial charge in [0, 0.05) is 19.1 Å². The van der Waals surface area contributed by atoms with Gasteiger partial charge < -0.3 is 10.6 Å². The molecular formula is C13H28N2O. The Balaban J connectivity index is 4.29. The van der Waals surface area contributed by atoms with Crippen molar-refractivity contribution in [1.29, 1.82) is 0 Å². The molecule has 1 amide bonds. The molecule has 2 N–H and O–H groups in total. The highest BCUT2D eigenvalue weighted by atomic mass is 16.2. The van der Waals surface area contributed by atoms with Gasteiger partial charge in [-0.05, 0) is 19.8 Å². The van der Waals surface area contributed by atoms with Gasteiger partial charge in [-0.25, -0.2) is 0 Å². The summed E-state index contributed by atoms with van der Waals surface area (Å²) in [6.07, 6.45) is 4.42. The smallest absolute Gasteiger partial charge is 0.226 e. The van der Waals surface area contributed by atoms with E-state index in [1.54, 1.807) is 0 Å². The van der Waals surface area contributed by atoms with Crippen LogP contribution in [0.25, 0.3) is 0 Å². The molecular weight excluding hydrogens is 200 g/mol. The molecule has 0 rings (SSSR count). The summed E-state index contributed by atoms with van der Waals surface area (Å²) in [5.74, 6) is 0.158. The van der Waals surface area contributed by atoms with E-state index in [0.29, 0.717) is 0 Å². The minimum absolute atomic E-state index is 0.0572. The molecule has 0 aliphatic rings. The first kappa shape index (κ1) is 15.4. The predicted octanol–water partition coefficient (Wildman–Crippen LogP) is 2.40. The monoisotopic (exact) mass is 228 g/mol. The van der Waals surface area contributed by atoms with Crippen molar-refractivity contribution in [1.82, 2.24) is 4.90 Å². The predicted molar refractivity (Wildman–Crippen MR) is 69.2 cm³/mol. The third kappa shape index (κ3) is 5.50. The van der Waals surface area contributed by atoms with Crippen LogP contribution in [-0.4, -0.2) is 29.9 Å². The molecule has 0 aromatic heterocycles. The first-order valence-electron chi connectivity index (χ1n) is 6.58. The summed E-state index contributed by atoms with van der Waals surface area (Å²) in [4.78, 5) is 14.1. The number of rotatable bonds is 8. The van der Waals surface area contributed by atoms with E-state index in [-0.39, 0.29) is 17.9 Å². The molecule has 0 aromatic rings. The van der Waals surface area contributed by atoms with E-state index < -0.39 is 0 Å². The standard InChI is InChI=1S/C13H28N2O/c1-5-7-9-15(10-8-6-2)13(16)11(3)12(4)14/h11-12H,5-10,14H2,1-4H3/t11-,12+/m1/s1. The first-order valence-corrected chi connectivity index (χ1v) is 6.58. The minimum atomic E-state index is -0.0614. The second kappa shape index (κ2) is 8.57. The molecule has 0 saturated heterocycles. The van der Waals surface area contributed by atoms with Crippen LogP contribution in [-0.2, 0) is 4.79 Å². The SMILES string of the molecule is CCCCN(CCCC)C(=O)[C@H](C)[C@H](C)N. The van der Waals surface area contributed by atoms with Crippen molar-refractivity contribution in [3.63, 3.8) is 0 Å². The van der Waals surface area contributed by atoms with E-state index >= 15 is 0 Å². The average molecular weight is 228 g/mol. The highest BCUT2D eigenvalue weighted by Crippen LogP contribution is 2.09. The number of hydrogen-bond donors (Lipinski definition) is 1. The van der Waals surface area contributed by atoms with Crippen LogP contribution in [0.4, 0.5) is 0 Å². The molecule has 3 heteroatoms. The summed E-state index contributed by atoms with van der Waals surface area (Å²) in [6.45, 7) is 9.89. The molecule has 0 heterocycles. The summed E-state index contributed by atoms with van der Waals surface area (Å²) < 4.78 is 0. The van der Waals surface area contributed by atoms with Crippen LogP contribution >= 0.6 is 0 Å². The third-order valence-corrected chi connectivity index (χ3v) is 3.05. The van der Waals surface area contributed by atoms with Crippen molar-refractivity contribution in [3.8, 4) is 0 Å². The van der Waals surface area contributed by atoms with E-state index in [4.69, 9.17) is 5.73 Å². The zero-order chi connectivity index (χ0) is 12.6. The molecule has 16 heavy (non-hydrogen) atoms. The number of amides is 1. The second-order valence-electron chi connectivity index (χ2n) is 4.68. The van der Waals surface area contributed by atoms with Gasteiger partial charge in [0.15, 0.2) is 0 Å². The molecule has 0 bridgehead atoms. The van der Waals surface area contributed by atoms with Gasteiger partial charge in [-0.3, -0.25) is 4.79 Å². The highest BCUT2D eigenvalue weighted by Gasteiger charge is 2.22. The average Bonchev–Trinajstić information content (AvgIpc) is 2.27. The van der Waals surface area contributed by atoms with Crippen LogP contribution in [0.2, 0.25) is 0 Å². The highest BCUT2D eigenvalue weighted by molar-refractivity contribution is 5.79. The largest absolute Gasteiger partial charge is 0.342 e. The molecule has 0 unspecified atom stereocenters.